The lowest BCUT2D eigenvalue weighted by Gasteiger charge is -2.20. The van der Waals surface area contributed by atoms with Gasteiger partial charge < -0.3 is 10.1 Å². The Labute approximate surface area is 102 Å². The largest absolute Gasteiger partial charge is 0.373 e. The maximum atomic E-state index is 13.6. The number of rotatable bonds is 2. The number of halogens is 2. The molecule has 3 unspecified atom stereocenters. The second-order valence-corrected chi connectivity index (χ2v) is 5.26. The summed E-state index contributed by atoms with van der Waals surface area (Å²) in [5.74, 6) is 0.00139. The third-order valence-corrected chi connectivity index (χ3v) is 3.67. The molecule has 1 aromatic heterocycles. The van der Waals surface area contributed by atoms with E-state index in [0.717, 1.165) is 19.3 Å². The first-order chi connectivity index (χ1) is 7.72. The molecule has 1 aromatic rings. The molecule has 86 valence electrons. The van der Waals surface area contributed by atoms with Crippen LogP contribution in [0, 0.1) is 5.82 Å². The number of nitrogens with one attached hydrogen (secondary N) is 1. The summed E-state index contributed by atoms with van der Waals surface area (Å²) in [7, 11) is 0. The van der Waals surface area contributed by atoms with Crippen molar-refractivity contribution in [1.82, 2.24) is 4.98 Å². The van der Waals surface area contributed by atoms with Crippen molar-refractivity contribution in [3.63, 3.8) is 0 Å². The van der Waals surface area contributed by atoms with E-state index in [1.807, 2.05) is 0 Å². The normalized spacial score (nSPS) is 32.0. The van der Waals surface area contributed by atoms with Gasteiger partial charge in [0.15, 0.2) is 11.6 Å². The second kappa shape index (κ2) is 3.96. The van der Waals surface area contributed by atoms with Crippen molar-refractivity contribution in [2.75, 3.05) is 5.32 Å². The maximum Gasteiger partial charge on any atom is 0.166 e. The molecular formula is C11H12BrFN2O. The maximum absolute atomic E-state index is 13.6. The smallest absolute Gasteiger partial charge is 0.166 e. The Morgan fingerprint density at radius 3 is 3.00 bits per heavy atom. The number of aromatic nitrogens is 1. The molecule has 2 aliphatic rings. The minimum Gasteiger partial charge on any atom is -0.373 e. The highest BCUT2D eigenvalue weighted by Gasteiger charge is 2.41. The van der Waals surface area contributed by atoms with Gasteiger partial charge in [-0.05, 0) is 41.3 Å². The van der Waals surface area contributed by atoms with Crippen LogP contribution in [0.4, 0.5) is 10.2 Å². The van der Waals surface area contributed by atoms with Crippen molar-refractivity contribution in [3.8, 4) is 0 Å². The predicted molar refractivity (Wildman–Crippen MR) is 61.8 cm³/mol. The molecule has 2 saturated heterocycles. The van der Waals surface area contributed by atoms with Gasteiger partial charge in [-0.1, -0.05) is 0 Å². The van der Waals surface area contributed by atoms with Crippen molar-refractivity contribution in [2.24, 2.45) is 0 Å². The predicted octanol–water partition coefficient (Wildman–Crippen LogP) is 2.72. The fourth-order valence-corrected chi connectivity index (χ4v) is 2.79. The van der Waals surface area contributed by atoms with E-state index in [1.54, 1.807) is 6.20 Å². The highest BCUT2D eigenvalue weighted by Crippen LogP contribution is 2.36. The molecule has 3 rings (SSSR count). The number of hydrogen-bond acceptors (Lipinski definition) is 3. The summed E-state index contributed by atoms with van der Waals surface area (Å²) in [6.45, 7) is 0. The monoisotopic (exact) mass is 286 g/mol. The molecular weight excluding hydrogens is 275 g/mol. The van der Waals surface area contributed by atoms with E-state index in [1.165, 1.54) is 6.07 Å². The third kappa shape index (κ3) is 1.82. The van der Waals surface area contributed by atoms with Crippen LogP contribution in [0.3, 0.4) is 0 Å². The Hall–Kier alpha value is -0.680. The van der Waals surface area contributed by atoms with Gasteiger partial charge >= 0.3 is 0 Å². The first-order valence-electron chi connectivity index (χ1n) is 5.45. The van der Waals surface area contributed by atoms with Crippen LogP contribution in [0.2, 0.25) is 0 Å². The van der Waals surface area contributed by atoms with Gasteiger partial charge in [0.2, 0.25) is 0 Å². The minimum absolute atomic E-state index is 0.210. The van der Waals surface area contributed by atoms with Gasteiger partial charge in [0.05, 0.1) is 18.2 Å². The van der Waals surface area contributed by atoms with Crippen LogP contribution in [0.25, 0.3) is 0 Å². The van der Waals surface area contributed by atoms with Crippen molar-refractivity contribution in [3.05, 3.63) is 22.6 Å². The molecule has 2 aliphatic heterocycles. The van der Waals surface area contributed by atoms with Crippen LogP contribution in [0.1, 0.15) is 19.3 Å². The van der Waals surface area contributed by atoms with Gasteiger partial charge in [-0.15, -0.1) is 0 Å². The van der Waals surface area contributed by atoms with Gasteiger partial charge in [0, 0.05) is 10.7 Å². The second-order valence-electron chi connectivity index (χ2n) is 4.34. The Bertz CT molecular complexity index is 415. The number of fused-ring (bicyclic) bond motifs is 2. The lowest BCUT2D eigenvalue weighted by atomic mass is 9.95. The average molecular weight is 287 g/mol. The van der Waals surface area contributed by atoms with Crippen molar-refractivity contribution in [1.29, 1.82) is 0 Å². The van der Waals surface area contributed by atoms with E-state index >= 15 is 0 Å². The van der Waals surface area contributed by atoms with Crippen molar-refractivity contribution >= 4 is 21.7 Å². The molecule has 2 bridgehead atoms. The van der Waals surface area contributed by atoms with Gasteiger partial charge in [0.25, 0.3) is 0 Å². The third-order valence-electron chi connectivity index (χ3n) is 3.24. The highest BCUT2D eigenvalue weighted by atomic mass is 79.9. The lowest BCUT2D eigenvalue weighted by Crippen LogP contribution is -2.31. The van der Waals surface area contributed by atoms with Gasteiger partial charge in [-0.3, -0.25) is 0 Å². The highest BCUT2D eigenvalue weighted by molar-refractivity contribution is 9.10. The van der Waals surface area contributed by atoms with Crippen LogP contribution < -0.4 is 5.32 Å². The Morgan fingerprint density at radius 1 is 1.50 bits per heavy atom. The molecule has 0 radical (unpaired) electrons. The summed E-state index contributed by atoms with van der Waals surface area (Å²) in [5.41, 5.74) is 0. The van der Waals surface area contributed by atoms with E-state index in [2.05, 4.69) is 26.2 Å². The van der Waals surface area contributed by atoms with Gasteiger partial charge in [-0.25, -0.2) is 9.37 Å². The molecule has 5 heteroatoms. The van der Waals surface area contributed by atoms with Crippen molar-refractivity contribution < 1.29 is 9.13 Å². The fraction of sp³-hybridized carbons (Fsp3) is 0.545. The van der Waals surface area contributed by atoms with E-state index in [9.17, 15) is 4.39 Å². The van der Waals surface area contributed by atoms with Crippen LogP contribution >= 0.6 is 15.9 Å². The summed E-state index contributed by atoms with van der Waals surface area (Å²) < 4.78 is 19.9. The van der Waals surface area contributed by atoms with Crippen LogP contribution in [-0.2, 0) is 4.74 Å². The summed E-state index contributed by atoms with van der Waals surface area (Å²) >= 11 is 3.19. The molecule has 16 heavy (non-hydrogen) atoms. The molecule has 1 N–H and O–H groups in total. The zero-order valence-electron chi connectivity index (χ0n) is 8.62. The number of ether oxygens (including phenoxy) is 1. The van der Waals surface area contributed by atoms with Gasteiger partial charge in [-0.2, -0.15) is 0 Å². The quantitative estimate of drug-likeness (QED) is 0.908. The van der Waals surface area contributed by atoms with Crippen LogP contribution in [0.15, 0.2) is 16.7 Å². The molecule has 0 saturated carbocycles. The van der Waals surface area contributed by atoms with E-state index in [4.69, 9.17) is 4.74 Å². The zero-order valence-corrected chi connectivity index (χ0v) is 10.2. The first-order valence-corrected chi connectivity index (χ1v) is 6.25. The molecule has 2 fully saturated rings. The summed E-state index contributed by atoms with van der Waals surface area (Å²) in [6.07, 6.45) is 5.36. The summed E-state index contributed by atoms with van der Waals surface area (Å²) in [4.78, 5) is 4.04. The van der Waals surface area contributed by atoms with Crippen LogP contribution in [0.5, 0.6) is 0 Å². The van der Waals surface area contributed by atoms with Gasteiger partial charge in [0.1, 0.15) is 0 Å². The first kappa shape index (κ1) is 10.5. The molecule has 3 nitrogen and oxygen atoms in total. The number of nitrogens with zero attached hydrogens (tertiary/aromatic N) is 1. The molecule has 0 aliphatic carbocycles. The van der Waals surface area contributed by atoms with E-state index < -0.39 is 0 Å². The topological polar surface area (TPSA) is 34.2 Å². The summed E-state index contributed by atoms with van der Waals surface area (Å²) in [5, 5.41) is 3.14. The summed E-state index contributed by atoms with van der Waals surface area (Å²) in [6, 6.07) is 1.63. The minimum atomic E-state index is -0.322. The molecule has 0 amide bonds. The lowest BCUT2D eigenvalue weighted by molar-refractivity contribution is 0.102. The van der Waals surface area contributed by atoms with E-state index in [0.29, 0.717) is 16.4 Å². The SMILES string of the molecule is Fc1cc(Br)cnc1NC1CC2CCC1O2. The molecule has 3 heterocycles. The Balaban J connectivity index is 1.74. The number of pyridine rings is 1. The van der Waals surface area contributed by atoms with Crippen molar-refractivity contribution in [2.45, 2.75) is 37.5 Å². The number of anilines is 1. The molecule has 3 atom stereocenters. The average Bonchev–Trinajstić information content (AvgIpc) is 2.84. The Kier molecular flexibility index (Phi) is 2.59. The Morgan fingerprint density at radius 2 is 2.38 bits per heavy atom. The number of hydrogen-bond donors (Lipinski definition) is 1. The standard InChI is InChI=1S/C11H12BrFN2O/c12-6-3-8(13)11(14-5-6)15-9-4-7-1-2-10(9)16-7/h3,5,7,9-10H,1-2,4H2,(H,14,15). The van der Waals surface area contributed by atoms with Crippen LogP contribution in [-0.4, -0.2) is 23.2 Å². The fourth-order valence-electron chi connectivity index (χ4n) is 2.49. The zero-order chi connectivity index (χ0) is 11.1. The molecule has 0 aromatic carbocycles. The molecule has 0 spiro atoms. The van der Waals surface area contributed by atoms with E-state index in [-0.39, 0.29) is 18.0 Å².